The highest BCUT2D eigenvalue weighted by atomic mass is 16.5. The van der Waals surface area contributed by atoms with E-state index < -0.39 is 6.09 Å². The van der Waals surface area contributed by atoms with Crippen LogP contribution in [0.2, 0.25) is 0 Å². The number of carbonyl (C=O) groups is 1. The molecule has 13 heavy (non-hydrogen) atoms. The molecule has 1 amide bonds. The van der Waals surface area contributed by atoms with Crippen molar-refractivity contribution >= 4 is 6.09 Å². The van der Waals surface area contributed by atoms with Crippen LogP contribution < -0.4 is 5.73 Å². The van der Waals surface area contributed by atoms with Gasteiger partial charge in [-0.25, -0.2) is 4.79 Å². The van der Waals surface area contributed by atoms with Crippen molar-refractivity contribution in [1.29, 1.82) is 0 Å². The first-order valence-corrected chi connectivity index (χ1v) is 4.31. The predicted molar refractivity (Wildman–Crippen MR) is 47.3 cm³/mol. The van der Waals surface area contributed by atoms with Crippen LogP contribution in [0, 0.1) is 0 Å². The molecule has 1 atom stereocenters. The fraction of sp³-hybridized carbons (Fsp3) is 0.875. The summed E-state index contributed by atoms with van der Waals surface area (Å²) in [6, 6.07) is 0. The molecule has 5 nitrogen and oxygen atoms in total. The zero-order valence-corrected chi connectivity index (χ0v) is 7.86. The molecule has 0 aliphatic carbocycles. The van der Waals surface area contributed by atoms with Gasteiger partial charge in [-0.15, -0.1) is 0 Å². The van der Waals surface area contributed by atoms with E-state index in [1.165, 1.54) is 0 Å². The SMILES string of the molecule is CC(O)CCOCCCOC(N)=O. The van der Waals surface area contributed by atoms with Gasteiger partial charge in [0.1, 0.15) is 0 Å². The molecule has 5 heteroatoms. The first-order chi connectivity index (χ1) is 6.13. The summed E-state index contributed by atoms with van der Waals surface area (Å²) < 4.78 is 9.61. The number of hydrogen-bond donors (Lipinski definition) is 2. The molecular formula is C8H17NO4. The van der Waals surface area contributed by atoms with E-state index in [-0.39, 0.29) is 12.7 Å². The van der Waals surface area contributed by atoms with Crippen molar-refractivity contribution in [2.75, 3.05) is 19.8 Å². The zero-order chi connectivity index (χ0) is 10.1. The molecule has 0 aromatic rings. The third-order valence-electron chi connectivity index (χ3n) is 1.36. The summed E-state index contributed by atoms with van der Waals surface area (Å²) in [5.41, 5.74) is 4.74. The molecule has 0 saturated carbocycles. The Labute approximate surface area is 77.8 Å². The lowest BCUT2D eigenvalue weighted by atomic mass is 10.3. The van der Waals surface area contributed by atoms with Crippen LogP contribution in [-0.4, -0.2) is 37.1 Å². The van der Waals surface area contributed by atoms with Crippen molar-refractivity contribution in [2.24, 2.45) is 5.73 Å². The van der Waals surface area contributed by atoms with Crippen LogP contribution in [0.25, 0.3) is 0 Å². The van der Waals surface area contributed by atoms with Crippen LogP contribution in [-0.2, 0) is 9.47 Å². The molecule has 0 saturated heterocycles. The van der Waals surface area contributed by atoms with Gasteiger partial charge in [0.05, 0.1) is 12.7 Å². The highest BCUT2D eigenvalue weighted by Gasteiger charge is 1.96. The number of aliphatic hydroxyl groups is 1. The summed E-state index contributed by atoms with van der Waals surface area (Å²) in [5.74, 6) is 0. The fourth-order valence-corrected chi connectivity index (χ4v) is 0.690. The summed E-state index contributed by atoms with van der Waals surface area (Å²) in [6.07, 6.45) is 0.158. The normalized spacial score (nSPS) is 12.5. The van der Waals surface area contributed by atoms with Gasteiger partial charge in [0, 0.05) is 19.6 Å². The van der Waals surface area contributed by atoms with E-state index in [9.17, 15) is 4.79 Å². The van der Waals surface area contributed by atoms with Gasteiger partial charge in [0.15, 0.2) is 0 Å². The van der Waals surface area contributed by atoms with E-state index in [0.29, 0.717) is 26.1 Å². The number of aliphatic hydroxyl groups excluding tert-OH is 1. The van der Waals surface area contributed by atoms with Crippen molar-refractivity contribution in [1.82, 2.24) is 0 Å². The maximum atomic E-state index is 10.1. The molecule has 0 spiro atoms. The maximum Gasteiger partial charge on any atom is 0.404 e. The first-order valence-electron chi connectivity index (χ1n) is 4.31. The Morgan fingerprint density at radius 2 is 2.15 bits per heavy atom. The van der Waals surface area contributed by atoms with Gasteiger partial charge in [-0.2, -0.15) is 0 Å². The Morgan fingerprint density at radius 3 is 2.69 bits per heavy atom. The van der Waals surface area contributed by atoms with Gasteiger partial charge < -0.3 is 20.3 Å². The molecular weight excluding hydrogens is 174 g/mol. The lowest BCUT2D eigenvalue weighted by Crippen LogP contribution is -2.15. The van der Waals surface area contributed by atoms with E-state index in [1.807, 2.05) is 0 Å². The van der Waals surface area contributed by atoms with Gasteiger partial charge in [-0.3, -0.25) is 0 Å². The molecule has 0 fully saturated rings. The minimum absolute atomic E-state index is 0.282. The smallest absolute Gasteiger partial charge is 0.404 e. The summed E-state index contributed by atoms with van der Waals surface area (Å²) in [4.78, 5) is 10.1. The average Bonchev–Trinajstić information content (AvgIpc) is 2.01. The molecule has 0 bridgehead atoms. The number of nitrogens with two attached hydrogens (primary N) is 1. The van der Waals surface area contributed by atoms with Gasteiger partial charge in [0.2, 0.25) is 0 Å². The lowest BCUT2D eigenvalue weighted by molar-refractivity contribution is 0.0766. The molecule has 3 N–H and O–H groups in total. The van der Waals surface area contributed by atoms with E-state index >= 15 is 0 Å². The van der Waals surface area contributed by atoms with Crippen LogP contribution in [0.15, 0.2) is 0 Å². The van der Waals surface area contributed by atoms with Crippen LogP contribution in [0.3, 0.4) is 0 Å². The highest BCUT2D eigenvalue weighted by molar-refractivity contribution is 5.64. The minimum Gasteiger partial charge on any atom is -0.450 e. The van der Waals surface area contributed by atoms with E-state index in [4.69, 9.17) is 15.6 Å². The Hall–Kier alpha value is -0.810. The second-order valence-corrected chi connectivity index (χ2v) is 2.77. The van der Waals surface area contributed by atoms with Crippen LogP contribution >= 0.6 is 0 Å². The molecule has 0 rings (SSSR count). The largest absolute Gasteiger partial charge is 0.450 e. The number of carbonyl (C=O) groups excluding carboxylic acids is 1. The molecule has 0 aliphatic rings. The molecule has 0 aromatic carbocycles. The number of primary amides is 1. The van der Waals surface area contributed by atoms with Crippen molar-refractivity contribution < 1.29 is 19.4 Å². The third-order valence-corrected chi connectivity index (χ3v) is 1.36. The van der Waals surface area contributed by atoms with Crippen molar-refractivity contribution in [3.8, 4) is 0 Å². The standard InChI is InChI=1S/C8H17NO4/c1-7(10)3-6-12-4-2-5-13-8(9)11/h7,10H,2-6H2,1H3,(H2,9,11). The number of rotatable bonds is 7. The van der Waals surface area contributed by atoms with Gasteiger partial charge in [-0.1, -0.05) is 0 Å². The number of hydrogen-bond acceptors (Lipinski definition) is 4. The van der Waals surface area contributed by atoms with Crippen LogP contribution in [0.5, 0.6) is 0 Å². The van der Waals surface area contributed by atoms with Crippen molar-refractivity contribution in [3.63, 3.8) is 0 Å². The Morgan fingerprint density at radius 1 is 1.46 bits per heavy atom. The van der Waals surface area contributed by atoms with Gasteiger partial charge >= 0.3 is 6.09 Å². The summed E-state index contributed by atoms with van der Waals surface area (Å²) in [5, 5.41) is 8.86. The van der Waals surface area contributed by atoms with E-state index in [0.717, 1.165) is 0 Å². The van der Waals surface area contributed by atoms with Crippen molar-refractivity contribution in [3.05, 3.63) is 0 Å². The molecule has 78 valence electrons. The maximum absolute atomic E-state index is 10.1. The third kappa shape index (κ3) is 11.2. The second-order valence-electron chi connectivity index (χ2n) is 2.77. The van der Waals surface area contributed by atoms with E-state index in [1.54, 1.807) is 6.92 Å². The molecule has 0 heterocycles. The molecule has 0 aliphatic heterocycles. The summed E-state index contributed by atoms with van der Waals surface area (Å²) in [6.45, 7) is 3.03. The zero-order valence-electron chi connectivity index (χ0n) is 7.86. The van der Waals surface area contributed by atoms with Crippen LogP contribution in [0.1, 0.15) is 19.8 Å². The number of ether oxygens (including phenoxy) is 2. The van der Waals surface area contributed by atoms with Crippen molar-refractivity contribution in [2.45, 2.75) is 25.9 Å². The molecule has 0 radical (unpaired) electrons. The Kier molecular flexibility index (Phi) is 7.33. The number of amides is 1. The molecule has 0 aromatic heterocycles. The Bertz CT molecular complexity index is 138. The van der Waals surface area contributed by atoms with Gasteiger partial charge in [-0.05, 0) is 13.3 Å². The summed E-state index contributed by atoms with van der Waals surface area (Å²) in [7, 11) is 0. The minimum atomic E-state index is -0.760. The van der Waals surface area contributed by atoms with Crippen LogP contribution in [0.4, 0.5) is 4.79 Å². The predicted octanol–water partition coefficient (Wildman–Crippen LogP) is 0.259. The average molecular weight is 191 g/mol. The quantitative estimate of drug-likeness (QED) is 0.565. The highest BCUT2D eigenvalue weighted by Crippen LogP contribution is 1.91. The fourth-order valence-electron chi connectivity index (χ4n) is 0.690. The Balaban J connectivity index is 2.96. The molecule has 1 unspecified atom stereocenters. The summed E-state index contributed by atoms with van der Waals surface area (Å²) >= 11 is 0. The lowest BCUT2D eigenvalue weighted by Gasteiger charge is -2.05. The van der Waals surface area contributed by atoms with Gasteiger partial charge in [0.25, 0.3) is 0 Å². The van der Waals surface area contributed by atoms with E-state index in [2.05, 4.69) is 4.74 Å². The second kappa shape index (κ2) is 7.82. The monoisotopic (exact) mass is 191 g/mol. The topological polar surface area (TPSA) is 81.8 Å². The first kappa shape index (κ1) is 12.2.